The quantitative estimate of drug-likeness (QED) is 0.824. The lowest BCUT2D eigenvalue weighted by atomic mass is 10.0. The van der Waals surface area contributed by atoms with Crippen LogP contribution in [0.5, 0.6) is 0 Å². The van der Waals surface area contributed by atoms with Crippen molar-refractivity contribution in [2.24, 2.45) is 5.92 Å². The summed E-state index contributed by atoms with van der Waals surface area (Å²) in [6, 6.07) is 1.98. The van der Waals surface area contributed by atoms with Crippen molar-refractivity contribution in [1.29, 1.82) is 0 Å². The van der Waals surface area contributed by atoms with Crippen LogP contribution >= 0.6 is 0 Å². The lowest BCUT2D eigenvalue weighted by Gasteiger charge is -2.30. The van der Waals surface area contributed by atoms with Crippen LogP contribution in [-0.2, 0) is 14.8 Å². The van der Waals surface area contributed by atoms with Crippen molar-refractivity contribution in [3.63, 3.8) is 0 Å². The lowest BCUT2D eigenvalue weighted by molar-refractivity contribution is -0.141. The molecular formula is C19H28N2O5S. The number of carboxylic acid groups (broad SMARTS) is 1. The molecule has 1 saturated heterocycles. The molecule has 0 bridgehead atoms. The molecule has 1 aromatic carbocycles. The Balaban J connectivity index is 2.44. The molecule has 1 heterocycles. The van der Waals surface area contributed by atoms with Crippen molar-refractivity contribution in [2.45, 2.75) is 51.5 Å². The number of nitrogens with zero attached hydrogens (tertiary/aromatic N) is 2. The Morgan fingerprint density at radius 3 is 2.30 bits per heavy atom. The lowest BCUT2D eigenvalue weighted by Crippen LogP contribution is -2.40. The Morgan fingerprint density at radius 2 is 1.78 bits per heavy atom. The van der Waals surface area contributed by atoms with E-state index in [1.165, 1.54) is 24.3 Å². The first-order valence-corrected chi connectivity index (χ1v) is 10.5. The van der Waals surface area contributed by atoms with Gasteiger partial charge < -0.3 is 10.0 Å². The van der Waals surface area contributed by atoms with Gasteiger partial charge in [-0.05, 0) is 62.8 Å². The zero-order valence-electron chi connectivity index (χ0n) is 16.5. The fourth-order valence-corrected chi connectivity index (χ4v) is 4.92. The number of aryl methyl sites for hydroxylation is 1. The molecule has 1 unspecified atom stereocenters. The monoisotopic (exact) mass is 396 g/mol. The molecule has 0 saturated carbocycles. The summed E-state index contributed by atoms with van der Waals surface area (Å²) in [6.45, 7) is 7.94. The highest BCUT2D eigenvalue weighted by Crippen LogP contribution is 2.28. The van der Waals surface area contributed by atoms with E-state index in [4.69, 9.17) is 5.11 Å². The number of likely N-dealkylation sites (N-methyl/N-ethyl adjacent to an activating group) is 1. The summed E-state index contributed by atoms with van der Waals surface area (Å²) in [4.78, 5) is 25.1. The van der Waals surface area contributed by atoms with Crippen LogP contribution in [0.3, 0.4) is 0 Å². The molecule has 1 N–H and O–H groups in total. The Labute approximate surface area is 161 Å². The van der Waals surface area contributed by atoms with E-state index in [1.54, 1.807) is 19.9 Å². The van der Waals surface area contributed by atoms with E-state index in [9.17, 15) is 18.0 Å². The van der Waals surface area contributed by atoms with Crippen LogP contribution in [0.25, 0.3) is 0 Å². The molecule has 150 valence electrons. The number of sulfonamides is 1. The topological polar surface area (TPSA) is 95.0 Å². The molecule has 0 spiro atoms. The molecule has 1 amide bonds. The molecule has 1 fully saturated rings. The summed E-state index contributed by atoms with van der Waals surface area (Å²) in [5.74, 6) is -1.14. The van der Waals surface area contributed by atoms with Crippen LogP contribution in [-0.4, -0.2) is 60.8 Å². The van der Waals surface area contributed by atoms with Gasteiger partial charge in [-0.3, -0.25) is 4.79 Å². The van der Waals surface area contributed by atoms with Crippen molar-refractivity contribution >= 4 is 21.9 Å². The number of carbonyl (C=O) groups excluding carboxylic acids is 1. The second kappa shape index (κ2) is 7.98. The molecule has 1 aromatic rings. The second-order valence-electron chi connectivity index (χ2n) is 7.43. The summed E-state index contributed by atoms with van der Waals surface area (Å²) in [7, 11) is -2.31. The second-order valence-corrected chi connectivity index (χ2v) is 9.34. The number of amides is 1. The largest absolute Gasteiger partial charge is 0.480 e. The Hall–Kier alpha value is -1.93. The van der Waals surface area contributed by atoms with Gasteiger partial charge >= 0.3 is 5.97 Å². The molecule has 1 aliphatic heterocycles. The number of benzene rings is 1. The molecule has 0 aliphatic carbocycles. The maximum Gasteiger partial charge on any atom is 0.326 e. The number of aliphatic carboxylic acids is 1. The number of rotatable bonds is 5. The molecule has 1 atom stereocenters. The smallest absolute Gasteiger partial charge is 0.326 e. The van der Waals surface area contributed by atoms with Crippen molar-refractivity contribution in [1.82, 2.24) is 9.21 Å². The molecule has 27 heavy (non-hydrogen) atoms. The van der Waals surface area contributed by atoms with Crippen LogP contribution in [0.4, 0.5) is 0 Å². The minimum Gasteiger partial charge on any atom is -0.480 e. The maximum atomic E-state index is 13.2. The molecule has 1 aliphatic rings. The first-order valence-electron chi connectivity index (χ1n) is 9.08. The summed E-state index contributed by atoms with van der Waals surface area (Å²) < 4.78 is 27.8. The van der Waals surface area contributed by atoms with Gasteiger partial charge in [-0.2, -0.15) is 4.31 Å². The highest BCUT2D eigenvalue weighted by Gasteiger charge is 2.31. The van der Waals surface area contributed by atoms with E-state index in [-0.39, 0.29) is 10.5 Å². The van der Waals surface area contributed by atoms with Crippen LogP contribution in [0.15, 0.2) is 17.0 Å². The predicted octanol–water partition coefficient (Wildman–Crippen LogP) is 2.27. The average molecular weight is 397 g/mol. The average Bonchev–Trinajstić information content (AvgIpc) is 2.62. The zero-order chi connectivity index (χ0) is 20.5. The zero-order valence-corrected chi connectivity index (χ0v) is 17.3. The van der Waals surface area contributed by atoms with Crippen molar-refractivity contribution < 1.29 is 23.1 Å². The van der Waals surface area contributed by atoms with Crippen LogP contribution in [0.1, 0.15) is 48.2 Å². The minimum atomic E-state index is -3.71. The van der Waals surface area contributed by atoms with Gasteiger partial charge in [0.15, 0.2) is 0 Å². The fraction of sp³-hybridized carbons (Fsp3) is 0.579. The van der Waals surface area contributed by atoms with Crippen LogP contribution < -0.4 is 0 Å². The van der Waals surface area contributed by atoms with E-state index in [0.717, 1.165) is 17.7 Å². The van der Waals surface area contributed by atoms with Gasteiger partial charge in [-0.15, -0.1) is 0 Å². The molecule has 2 rings (SSSR count). The SMILES string of the molecule is Cc1cc(C(=O)N(C)C(C)C(=O)O)cc(S(=O)(=O)N2CCC(C)CC2)c1C. The van der Waals surface area contributed by atoms with Crippen molar-refractivity contribution in [3.8, 4) is 0 Å². The molecule has 8 heteroatoms. The van der Waals surface area contributed by atoms with E-state index in [1.807, 2.05) is 0 Å². The van der Waals surface area contributed by atoms with Crippen LogP contribution in [0, 0.1) is 19.8 Å². The number of carbonyl (C=O) groups is 2. The maximum absolute atomic E-state index is 13.2. The highest BCUT2D eigenvalue weighted by atomic mass is 32.2. The summed E-state index contributed by atoms with van der Waals surface area (Å²) in [5.41, 5.74) is 1.47. The minimum absolute atomic E-state index is 0.122. The number of hydrogen-bond donors (Lipinski definition) is 1. The first kappa shape index (κ1) is 21.4. The summed E-state index contributed by atoms with van der Waals surface area (Å²) in [5, 5.41) is 9.13. The van der Waals surface area contributed by atoms with Gasteiger partial charge in [0.2, 0.25) is 10.0 Å². The van der Waals surface area contributed by atoms with Gasteiger partial charge in [0.1, 0.15) is 6.04 Å². The Bertz CT molecular complexity index is 842. The number of piperidine rings is 1. The molecular weight excluding hydrogens is 368 g/mol. The predicted molar refractivity (Wildman–Crippen MR) is 102 cm³/mol. The van der Waals surface area contributed by atoms with Crippen molar-refractivity contribution in [2.75, 3.05) is 20.1 Å². The van der Waals surface area contributed by atoms with Crippen molar-refractivity contribution in [3.05, 3.63) is 28.8 Å². The third-order valence-corrected chi connectivity index (χ3v) is 7.51. The summed E-state index contributed by atoms with van der Waals surface area (Å²) >= 11 is 0. The number of carboxylic acids is 1. The molecule has 0 aromatic heterocycles. The standard InChI is InChI=1S/C19H28N2O5S/c1-12-6-8-21(9-7-12)27(25,26)17-11-16(10-13(2)14(17)3)18(22)20(5)15(4)19(23)24/h10-12,15H,6-9H2,1-5H3,(H,23,24). The normalized spacial score (nSPS) is 17.5. The van der Waals surface area contributed by atoms with E-state index in [2.05, 4.69) is 6.92 Å². The fourth-order valence-electron chi connectivity index (χ4n) is 3.13. The van der Waals surface area contributed by atoms with Gasteiger partial charge in [-0.25, -0.2) is 13.2 Å². The van der Waals surface area contributed by atoms with Gasteiger partial charge in [0.05, 0.1) is 4.90 Å². The van der Waals surface area contributed by atoms with Gasteiger partial charge in [0.25, 0.3) is 5.91 Å². The van der Waals surface area contributed by atoms with E-state index >= 15 is 0 Å². The Kier molecular flexibility index (Phi) is 6.32. The Morgan fingerprint density at radius 1 is 1.22 bits per heavy atom. The molecule has 0 radical (unpaired) electrons. The summed E-state index contributed by atoms with van der Waals surface area (Å²) in [6.07, 6.45) is 1.63. The first-order chi connectivity index (χ1) is 12.5. The number of hydrogen-bond acceptors (Lipinski definition) is 4. The van der Waals surface area contributed by atoms with Gasteiger partial charge in [0, 0.05) is 25.7 Å². The molecule has 7 nitrogen and oxygen atoms in total. The third-order valence-electron chi connectivity index (χ3n) is 5.49. The van der Waals surface area contributed by atoms with E-state index in [0.29, 0.717) is 30.1 Å². The van der Waals surface area contributed by atoms with E-state index < -0.39 is 27.9 Å². The third kappa shape index (κ3) is 4.32. The van der Waals surface area contributed by atoms with Gasteiger partial charge in [-0.1, -0.05) is 6.92 Å². The highest BCUT2D eigenvalue weighted by molar-refractivity contribution is 7.89. The van der Waals surface area contributed by atoms with Crippen LogP contribution in [0.2, 0.25) is 0 Å².